The summed E-state index contributed by atoms with van der Waals surface area (Å²) in [6, 6.07) is 6.87. The summed E-state index contributed by atoms with van der Waals surface area (Å²) < 4.78 is 7.93. The van der Waals surface area contributed by atoms with E-state index in [1.165, 1.54) is 29.3 Å². The number of halogens is 1. The molecule has 0 spiro atoms. The lowest BCUT2D eigenvalue weighted by atomic mass is 9.89. The van der Waals surface area contributed by atoms with Crippen molar-refractivity contribution in [2.45, 2.75) is 64.0 Å². The zero-order chi connectivity index (χ0) is 18.5. The van der Waals surface area contributed by atoms with Gasteiger partial charge < -0.3 is 14.2 Å². The molecule has 1 saturated heterocycles. The number of rotatable bonds is 2. The summed E-state index contributed by atoms with van der Waals surface area (Å²) in [5, 5.41) is 2.11. The summed E-state index contributed by atoms with van der Waals surface area (Å²) in [7, 11) is 0. The van der Waals surface area contributed by atoms with Crippen molar-refractivity contribution >= 4 is 28.6 Å². The Bertz CT molecular complexity index is 824. The summed E-state index contributed by atoms with van der Waals surface area (Å²) >= 11 is 6.25. The van der Waals surface area contributed by atoms with Gasteiger partial charge in [-0.15, -0.1) is 0 Å². The largest absolute Gasteiger partial charge is 0.444 e. The van der Waals surface area contributed by atoms with E-state index < -0.39 is 5.60 Å². The van der Waals surface area contributed by atoms with Crippen LogP contribution in [0.3, 0.4) is 0 Å². The third kappa shape index (κ3) is 3.57. The molecule has 140 valence electrons. The molecular formula is C21H27ClN2O2. The molecule has 0 radical (unpaired) electrons. The van der Waals surface area contributed by atoms with E-state index in [1.807, 2.05) is 31.7 Å². The predicted molar refractivity (Wildman–Crippen MR) is 105 cm³/mol. The van der Waals surface area contributed by atoms with Crippen molar-refractivity contribution in [3.63, 3.8) is 0 Å². The summed E-state index contributed by atoms with van der Waals surface area (Å²) in [6.07, 6.45) is 6.62. The maximum Gasteiger partial charge on any atom is 0.410 e. The monoisotopic (exact) mass is 374 g/mol. The molecule has 5 heteroatoms. The fourth-order valence-electron chi connectivity index (χ4n) is 3.93. The molecule has 4 rings (SSSR count). The van der Waals surface area contributed by atoms with E-state index in [0.717, 1.165) is 31.0 Å². The fraction of sp³-hybridized carbons (Fsp3) is 0.571. The summed E-state index contributed by atoms with van der Waals surface area (Å²) in [4.78, 5) is 14.1. The fourth-order valence-corrected chi connectivity index (χ4v) is 4.10. The molecule has 1 aliphatic heterocycles. The van der Waals surface area contributed by atoms with E-state index in [-0.39, 0.29) is 6.09 Å². The average Bonchev–Trinajstić information content (AvgIpc) is 3.35. The van der Waals surface area contributed by atoms with Gasteiger partial charge in [-0.1, -0.05) is 17.7 Å². The number of piperidine rings is 1. The van der Waals surface area contributed by atoms with Gasteiger partial charge in [-0.3, -0.25) is 0 Å². The first-order chi connectivity index (χ1) is 12.3. The number of amides is 1. The van der Waals surface area contributed by atoms with Crippen molar-refractivity contribution in [1.82, 2.24) is 9.47 Å². The number of ether oxygens (including phenoxy) is 1. The molecule has 0 atom stereocenters. The van der Waals surface area contributed by atoms with Crippen LogP contribution < -0.4 is 0 Å². The molecule has 1 amide bonds. The second kappa shape index (κ2) is 6.49. The number of hydrogen-bond acceptors (Lipinski definition) is 2. The molecule has 2 aliphatic rings. The first-order valence-corrected chi connectivity index (χ1v) is 9.97. The number of hydrogen-bond donors (Lipinski definition) is 0. The first-order valence-electron chi connectivity index (χ1n) is 9.60. The maximum atomic E-state index is 12.3. The molecular weight excluding hydrogens is 348 g/mol. The van der Waals surface area contributed by atoms with Crippen LogP contribution in [0.15, 0.2) is 24.4 Å². The lowest BCUT2D eigenvalue weighted by Gasteiger charge is -2.33. The van der Waals surface area contributed by atoms with Crippen LogP contribution in [0.4, 0.5) is 4.79 Å². The van der Waals surface area contributed by atoms with Crippen molar-refractivity contribution in [3.8, 4) is 0 Å². The second-order valence-corrected chi connectivity index (χ2v) is 9.06. The van der Waals surface area contributed by atoms with E-state index in [1.54, 1.807) is 0 Å². The van der Waals surface area contributed by atoms with E-state index in [0.29, 0.717) is 12.0 Å². The Hall–Kier alpha value is -1.68. The minimum Gasteiger partial charge on any atom is -0.444 e. The van der Waals surface area contributed by atoms with Gasteiger partial charge in [0.05, 0.1) is 5.52 Å². The van der Waals surface area contributed by atoms with Gasteiger partial charge in [0.1, 0.15) is 5.60 Å². The average molecular weight is 375 g/mol. The minimum atomic E-state index is -0.440. The normalized spacial score (nSPS) is 19.2. The van der Waals surface area contributed by atoms with Gasteiger partial charge in [0.15, 0.2) is 0 Å². The zero-order valence-electron chi connectivity index (χ0n) is 15.8. The Morgan fingerprint density at radius 2 is 1.85 bits per heavy atom. The highest BCUT2D eigenvalue weighted by atomic mass is 35.5. The van der Waals surface area contributed by atoms with Crippen molar-refractivity contribution in [1.29, 1.82) is 0 Å². The molecule has 0 bridgehead atoms. The van der Waals surface area contributed by atoms with E-state index in [4.69, 9.17) is 16.3 Å². The predicted octanol–water partition coefficient (Wildman–Crippen LogP) is 5.74. The van der Waals surface area contributed by atoms with Gasteiger partial charge in [0, 0.05) is 35.7 Å². The van der Waals surface area contributed by atoms with Crippen LogP contribution in [-0.4, -0.2) is 34.3 Å². The smallest absolute Gasteiger partial charge is 0.410 e. The number of nitrogens with zero attached hydrogens (tertiary/aromatic N) is 2. The summed E-state index contributed by atoms with van der Waals surface area (Å²) in [6.45, 7) is 7.24. The highest BCUT2D eigenvalue weighted by Gasteiger charge is 2.31. The molecule has 4 nitrogen and oxygen atoms in total. The number of aromatic nitrogens is 1. The van der Waals surface area contributed by atoms with Gasteiger partial charge in [0.2, 0.25) is 0 Å². The topological polar surface area (TPSA) is 34.5 Å². The molecule has 0 unspecified atom stereocenters. The van der Waals surface area contributed by atoms with Crippen molar-refractivity contribution in [2.24, 2.45) is 0 Å². The third-order valence-electron chi connectivity index (χ3n) is 5.35. The van der Waals surface area contributed by atoms with Crippen LogP contribution >= 0.6 is 11.6 Å². The van der Waals surface area contributed by atoms with E-state index in [9.17, 15) is 4.79 Å². The number of likely N-dealkylation sites (tertiary alicyclic amines) is 1. The van der Waals surface area contributed by atoms with Gasteiger partial charge in [0.25, 0.3) is 0 Å². The number of fused-ring (bicyclic) bond motifs is 1. The van der Waals surface area contributed by atoms with Gasteiger partial charge in [-0.2, -0.15) is 0 Å². The quantitative estimate of drug-likeness (QED) is 0.671. The Kier molecular flexibility index (Phi) is 4.42. The maximum absolute atomic E-state index is 12.3. The first kappa shape index (κ1) is 17.7. The molecule has 1 saturated carbocycles. The molecule has 26 heavy (non-hydrogen) atoms. The second-order valence-electron chi connectivity index (χ2n) is 8.63. The van der Waals surface area contributed by atoms with Crippen molar-refractivity contribution in [2.75, 3.05) is 13.1 Å². The van der Waals surface area contributed by atoms with Crippen LogP contribution in [0, 0.1) is 0 Å². The Balaban J connectivity index is 1.52. The number of benzene rings is 1. The molecule has 1 aliphatic carbocycles. The van der Waals surface area contributed by atoms with Crippen molar-refractivity contribution < 1.29 is 9.53 Å². The lowest BCUT2D eigenvalue weighted by Crippen LogP contribution is -2.41. The Morgan fingerprint density at radius 1 is 1.15 bits per heavy atom. The zero-order valence-corrected chi connectivity index (χ0v) is 16.6. The molecule has 0 N–H and O–H groups in total. The summed E-state index contributed by atoms with van der Waals surface area (Å²) in [5.74, 6) is 0.484. The molecule has 2 aromatic rings. The number of carbonyl (C=O) groups excluding carboxylic acids is 1. The minimum absolute atomic E-state index is 0.192. The molecule has 2 fully saturated rings. The van der Waals surface area contributed by atoms with Crippen LogP contribution in [0.5, 0.6) is 0 Å². The van der Waals surface area contributed by atoms with Crippen molar-refractivity contribution in [3.05, 3.63) is 35.0 Å². The van der Waals surface area contributed by atoms with Gasteiger partial charge >= 0.3 is 6.09 Å². The molecule has 2 heterocycles. The third-order valence-corrected chi connectivity index (χ3v) is 5.59. The highest BCUT2D eigenvalue weighted by Crippen LogP contribution is 2.42. The SMILES string of the molecule is CC(C)(C)OC(=O)N1CCC(c2cn(C3CC3)c3cc(Cl)ccc23)CC1. The standard InChI is InChI=1S/C21H27ClN2O2/c1-21(2,3)26-20(25)23-10-8-14(9-11-23)18-13-24(16-5-6-16)19-12-15(22)4-7-17(18)19/h4,7,12-14,16H,5-6,8-11H2,1-3H3. The van der Waals surface area contributed by atoms with Gasteiger partial charge in [-0.25, -0.2) is 4.79 Å². The highest BCUT2D eigenvalue weighted by molar-refractivity contribution is 6.31. The van der Waals surface area contributed by atoms with Gasteiger partial charge in [-0.05, 0) is 70.1 Å². The number of carbonyl (C=O) groups is 1. The van der Waals surface area contributed by atoms with E-state index >= 15 is 0 Å². The molecule has 1 aromatic carbocycles. The Labute approximate surface area is 160 Å². The van der Waals surface area contributed by atoms with Crippen LogP contribution in [0.25, 0.3) is 10.9 Å². The van der Waals surface area contributed by atoms with Crippen LogP contribution in [-0.2, 0) is 4.74 Å². The molecule has 1 aromatic heterocycles. The van der Waals surface area contributed by atoms with Crippen LogP contribution in [0.2, 0.25) is 5.02 Å². The summed E-state index contributed by atoms with van der Waals surface area (Å²) in [5.41, 5.74) is 2.22. The lowest BCUT2D eigenvalue weighted by molar-refractivity contribution is 0.0205. The van der Waals surface area contributed by atoms with Crippen LogP contribution in [0.1, 0.15) is 64.0 Å². The Morgan fingerprint density at radius 3 is 2.46 bits per heavy atom. The van der Waals surface area contributed by atoms with E-state index in [2.05, 4.69) is 22.9 Å².